The second-order valence-corrected chi connectivity index (χ2v) is 3.58. The third-order valence-electron chi connectivity index (χ3n) is 2.15. The van der Waals surface area contributed by atoms with Crippen molar-refractivity contribution in [2.24, 2.45) is 5.73 Å². The Morgan fingerprint density at radius 2 is 2.31 bits per heavy atom. The molecule has 0 amide bonds. The van der Waals surface area contributed by atoms with Crippen molar-refractivity contribution in [1.82, 2.24) is 0 Å². The first-order chi connectivity index (χ1) is 7.65. The number of rotatable bonds is 5. The number of halogens is 1. The Morgan fingerprint density at radius 3 is 2.94 bits per heavy atom. The summed E-state index contributed by atoms with van der Waals surface area (Å²) in [5.74, 6) is 0.269. The number of nitrogens with zero attached hydrogens (tertiary/aromatic N) is 1. The van der Waals surface area contributed by atoms with Gasteiger partial charge in [0.15, 0.2) is 0 Å². The van der Waals surface area contributed by atoms with E-state index < -0.39 is 0 Å². The molecule has 0 aliphatic heterocycles. The van der Waals surface area contributed by atoms with Crippen LogP contribution in [0.1, 0.15) is 31.4 Å². The van der Waals surface area contributed by atoms with Crippen LogP contribution >= 0.6 is 0 Å². The molecule has 0 heterocycles. The highest BCUT2D eigenvalue weighted by molar-refractivity contribution is 5.36. The topological polar surface area (TPSA) is 59.0 Å². The fourth-order valence-corrected chi connectivity index (χ4v) is 1.34. The van der Waals surface area contributed by atoms with Crippen LogP contribution in [0, 0.1) is 17.1 Å². The van der Waals surface area contributed by atoms with Crippen LogP contribution in [0.5, 0.6) is 5.75 Å². The molecule has 0 aliphatic rings. The fourth-order valence-electron chi connectivity index (χ4n) is 1.34. The van der Waals surface area contributed by atoms with Crippen LogP contribution in [0.2, 0.25) is 0 Å². The van der Waals surface area contributed by atoms with E-state index in [1.807, 2.05) is 6.07 Å². The lowest BCUT2D eigenvalue weighted by Gasteiger charge is -2.13. The highest BCUT2D eigenvalue weighted by atomic mass is 19.1. The van der Waals surface area contributed by atoms with Crippen LogP contribution in [0.4, 0.5) is 4.39 Å². The van der Waals surface area contributed by atoms with Crippen molar-refractivity contribution in [3.63, 3.8) is 0 Å². The number of nitriles is 1. The summed E-state index contributed by atoms with van der Waals surface area (Å²) in [5, 5.41) is 8.37. The van der Waals surface area contributed by atoms with E-state index in [1.54, 1.807) is 13.0 Å². The Bertz CT molecular complexity index is 385. The van der Waals surface area contributed by atoms with E-state index in [0.29, 0.717) is 30.8 Å². The molecule has 16 heavy (non-hydrogen) atoms. The van der Waals surface area contributed by atoms with E-state index in [9.17, 15) is 4.39 Å². The summed E-state index contributed by atoms with van der Waals surface area (Å²) >= 11 is 0. The van der Waals surface area contributed by atoms with Gasteiger partial charge in [-0.15, -0.1) is 0 Å². The SMILES string of the molecule is CC(N)c1cc(F)ccc1OCCCC#N. The number of unbranched alkanes of at least 4 members (excludes halogenated alkanes) is 1. The minimum Gasteiger partial charge on any atom is -0.493 e. The lowest BCUT2D eigenvalue weighted by atomic mass is 10.1. The van der Waals surface area contributed by atoms with Gasteiger partial charge in [-0.25, -0.2) is 4.39 Å². The fraction of sp³-hybridized carbons (Fsp3) is 0.417. The average Bonchev–Trinajstić information content (AvgIpc) is 2.26. The molecule has 0 fully saturated rings. The van der Waals surface area contributed by atoms with Crippen molar-refractivity contribution in [1.29, 1.82) is 5.26 Å². The molecule has 0 saturated heterocycles. The van der Waals surface area contributed by atoms with Crippen LogP contribution < -0.4 is 10.5 Å². The van der Waals surface area contributed by atoms with Gasteiger partial charge in [0.25, 0.3) is 0 Å². The number of hydrogen-bond donors (Lipinski definition) is 1. The number of ether oxygens (including phenoxy) is 1. The Kier molecular flexibility index (Phi) is 4.74. The van der Waals surface area contributed by atoms with Gasteiger partial charge in [0, 0.05) is 18.0 Å². The summed E-state index contributed by atoms with van der Waals surface area (Å²) in [5.41, 5.74) is 6.36. The molecule has 1 unspecified atom stereocenters. The zero-order valence-electron chi connectivity index (χ0n) is 9.24. The summed E-state index contributed by atoms with van der Waals surface area (Å²) in [6.07, 6.45) is 1.11. The molecule has 0 spiro atoms. The maximum atomic E-state index is 13.0. The molecular weight excluding hydrogens is 207 g/mol. The second-order valence-electron chi connectivity index (χ2n) is 3.58. The molecular formula is C12H15FN2O. The first-order valence-electron chi connectivity index (χ1n) is 5.20. The van der Waals surface area contributed by atoms with Gasteiger partial charge in [-0.05, 0) is 31.5 Å². The normalized spacial score (nSPS) is 11.9. The van der Waals surface area contributed by atoms with E-state index in [4.69, 9.17) is 15.7 Å². The van der Waals surface area contributed by atoms with E-state index in [-0.39, 0.29) is 11.9 Å². The second kappa shape index (κ2) is 6.09. The largest absolute Gasteiger partial charge is 0.493 e. The number of benzene rings is 1. The summed E-state index contributed by atoms with van der Waals surface area (Å²) < 4.78 is 18.5. The molecule has 1 aromatic carbocycles. The molecule has 3 nitrogen and oxygen atoms in total. The number of hydrogen-bond acceptors (Lipinski definition) is 3. The maximum absolute atomic E-state index is 13.0. The zero-order chi connectivity index (χ0) is 12.0. The van der Waals surface area contributed by atoms with Crippen molar-refractivity contribution >= 4 is 0 Å². The molecule has 1 aromatic rings. The predicted octanol–water partition coefficient (Wildman–Crippen LogP) is 2.53. The molecule has 0 saturated carbocycles. The Balaban J connectivity index is 2.68. The van der Waals surface area contributed by atoms with Crippen molar-refractivity contribution in [2.75, 3.05) is 6.61 Å². The van der Waals surface area contributed by atoms with Gasteiger partial charge in [-0.1, -0.05) is 0 Å². The summed E-state index contributed by atoms with van der Waals surface area (Å²) in [6, 6.07) is 6.05. The summed E-state index contributed by atoms with van der Waals surface area (Å²) in [7, 11) is 0. The first kappa shape index (κ1) is 12.5. The van der Waals surface area contributed by atoms with E-state index in [0.717, 1.165) is 0 Å². The zero-order valence-corrected chi connectivity index (χ0v) is 9.24. The van der Waals surface area contributed by atoms with Crippen LogP contribution in [0.25, 0.3) is 0 Å². The Labute approximate surface area is 94.6 Å². The standard InChI is InChI=1S/C12H15FN2O/c1-9(15)11-8-10(13)4-5-12(11)16-7-3-2-6-14/h4-5,8-9H,2-3,7,15H2,1H3. The molecule has 4 heteroatoms. The van der Waals surface area contributed by atoms with E-state index in [1.165, 1.54) is 12.1 Å². The molecule has 0 aliphatic carbocycles. The predicted molar refractivity (Wildman–Crippen MR) is 59.3 cm³/mol. The van der Waals surface area contributed by atoms with Gasteiger partial charge in [-0.2, -0.15) is 5.26 Å². The molecule has 0 bridgehead atoms. The van der Waals surface area contributed by atoms with Crippen molar-refractivity contribution in [3.05, 3.63) is 29.6 Å². The monoisotopic (exact) mass is 222 g/mol. The van der Waals surface area contributed by atoms with E-state index in [2.05, 4.69) is 0 Å². The van der Waals surface area contributed by atoms with Gasteiger partial charge in [0.1, 0.15) is 11.6 Å². The average molecular weight is 222 g/mol. The molecule has 86 valence electrons. The van der Waals surface area contributed by atoms with Gasteiger partial charge in [-0.3, -0.25) is 0 Å². The molecule has 1 atom stereocenters. The lowest BCUT2D eigenvalue weighted by molar-refractivity contribution is 0.307. The van der Waals surface area contributed by atoms with Crippen LogP contribution in [-0.2, 0) is 0 Å². The van der Waals surface area contributed by atoms with Gasteiger partial charge in [0.2, 0.25) is 0 Å². The summed E-state index contributed by atoms with van der Waals surface area (Å²) in [4.78, 5) is 0. The third-order valence-corrected chi connectivity index (χ3v) is 2.15. The maximum Gasteiger partial charge on any atom is 0.124 e. The van der Waals surface area contributed by atoms with Crippen molar-refractivity contribution in [3.8, 4) is 11.8 Å². The molecule has 0 radical (unpaired) electrons. The molecule has 1 rings (SSSR count). The van der Waals surface area contributed by atoms with Crippen LogP contribution in [-0.4, -0.2) is 6.61 Å². The van der Waals surface area contributed by atoms with Gasteiger partial charge < -0.3 is 10.5 Å². The quantitative estimate of drug-likeness (QED) is 0.779. The molecule has 2 N–H and O–H groups in total. The minimum atomic E-state index is -0.323. The third kappa shape index (κ3) is 3.52. The Hall–Kier alpha value is -1.60. The first-order valence-corrected chi connectivity index (χ1v) is 5.20. The highest BCUT2D eigenvalue weighted by Gasteiger charge is 2.09. The van der Waals surface area contributed by atoms with Gasteiger partial charge >= 0.3 is 0 Å². The van der Waals surface area contributed by atoms with E-state index >= 15 is 0 Å². The summed E-state index contributed by atoms with van der Waals surface area (Å²) in [6.45, 7) is 2.22. The van der Waals surface area contributed by atoms with Crippen molar-refractivity contribution < 1.29 is 9.13 Å². The van der Waals surface area contributed by atoms with Crippen LogP contribution in [0.15, 0.2) is 18.2 Å². The lowest BCUT2D eigenvalue weighted by Crippen LogP contribution is -2.09. The van der Waals surface area contributed by atoms with Crippen molar-refractivity contribution in [2.45, 2.75) is 25.8 Å². The van der Waals surface area contributed by atoms with Crippen LogP contribution in [0.3, 0.4) is 0 Å². The minimum absolute atomic E-state index is 0.276. The molecule has 0 aromatic heterocycles. The Morgan fingerprint density at radius 1 is 1.56 bits per heavy atom. The smallest absolute Gasteiger partial charge is 0.124 e. The van der Waals surface area contributed by atoms with Gasteiger partial charge in [0.05, 0.1) is 12.7 Å². The highest BCUT2D eigenvalue weighted by Crippen LogP contribution is 2.24. The number of nitrogens with two attached hydrogens (primary N) is 1.